The Morgan fingerprint density at radius 3 is 2.30 bits per heavy atom. The van der Waals surface area contributed by atoms with Gasteiger partial charge in [-0.05, 0) is 36.4 Å². The van der Waals surface area contributed by atoms with Crippen LogP contribution in [-0.2, 0) is 10.0 Å². The van der Waals surface area contributed by atoms with Crippen LogP contribution in [0.2, 0.25) is 0 Å². The lowest BCUT2D eigenvalue weighted by Crippen LogP contribution is -2.49. The van der Waals surface area contributed by atoms with Crippen LogP contribution in [0, 0.1) is 5.82 Å². The first-order valence-corrected chi connectivity index (χ1v) is 11.8. The van der Waals surface area contributed by atoms with Crippen molar-refractivity contribution in [2.75, 3.05) is 51.2 Å². The molecule has 0 aliphatic carbocycles. The number of hydrogen-bond acceptors (Lipinski definition) is 7. The van der Waals surface area contributed by atoms with Crippen LogP contribution in [-0.4, -0.2) is 78.9 Å². The van der Waals surface area contributed by atoms with Crippen molar-refractivity contribution in [3.05, 3.63) is 66.9 Å². The van der Waals surface area contributed by atoms with Gasteiger partial charge in [0.25, 0.3) is 10.0 Å². The second kappa shape index (κ2) is 11.0. The fourth-order valence-electron chi connectivity index (χ4n) is 3.62. The van der Waals surface area contributed by atoms with Crippen LogP contribution in [0.3, 0.4) is 0 Å². The highest BCUT2D eigenvalue weighted by Crippen LogP contribution is 2.27. The minimum absolute atomic E-state index is 0. The molecule has 1 aliphatic rings. The third-order valence-electron chi connectivity index (χ3n) is 5.51. The van der Waals surface area contributed by atoms with E-state index in [1.165, 1.54) is 28.7 Å². The van der Waals surface area contributed by atoms with Crippen molar-refractivity contribution >= 4 is 28.2 Å². The molecule has 3 heterocycles. The van der Waals surface area contributed by atoms with E-state index in [1.54, 1.807) is 43.7 Å². The molecule has 0 radical (unpaired) electrons. The third-order valence-corrected chi connectivity index (χ3v) is 7.29. The fraction of sp³-hybridized carbons (Fsp3) is 0.318. The molecule has 0 N–H and O–H groups in total. The third kappa shape index (κ3) is 5.83. The maximum Gasteiger partial charge on any atom is 0.260 e. The van der Waals surface area contributed by atoms with E-state index in [4.69, 9.17) is 0 Å². The number of piperazine rings is 1. The summed E-state index contributed by atoms with van der Waals surface area (Å²) >= 11 is 0. The van der Waals surface area contributed by atoms with Gasteiger partial charge in [0.05, 0.1) is 0 Å². The Bertz CT molecular complexity index is 1140. The zero-order valence-corrected chi connectivity index (χ0v) is 19.8. The van der Waals surface area contributed by atoms with E-state index in [2.05, 4.69) is 24.8 Å². The Kier molecular flexibility index (Phi) is 8.30. The lowest BCUT2D eigenvalue weighted by Gasteiger charge is -2.36. The Balaban J connectivity index is 0.00000306. The highest BCUT2D eigenvalue weighted by atomic mass is 35.5. The molecule has 2 aromatic heterocycles. The summed E-state index contributed by atoms with van der Waals surface area (Å²) in [5.74, 6) is 0.483. The maximum atomic E-state index is 13.3. The molecule has 0 saturated carbocycles. The Hall–Kier alpha value is -2.66. The second-order valence-corrected chi connectivity index (χ2v) is 9.55. The lowest BCUT2D eigenvalue weighted by molar-refractivity contribution is 0.243. The van der Waals surface area contributed by atoms with Crippen molar-refractivity contribution in [3.8, 4) is 11.3 Å². The van der Waals surface area contributed by atoms with Crippen LogP contribution in [0.15, 0.2) is 66.1 Å². The topological polar surface area (TPSA) is 82.5 Å². The van der Waals surface area contributed by atoms with Crippen molar-refractivity contribution in [3.63, 3.8) is 0 Å². The number of rotatable bonds is 7. The highest BCUT2D eigenvalue weighted by molar-refractivity contribution is 7.89. The molecular weight excluding hydrogens is 467 g/mol. The number of aromatic nitrogens is 3. The Labute approximate surface area is 199 Å². The summed E-state index contributed by atoms with van der Waals surface area (Å²) in [4.78, 5) is 17.4. The molecule has 1 saturated heterocycles. The molecule has 8 nitrogen and oxygen atoms in total. The molecule has 0 bridgehead atoms. The number of hydrogen-bond donors (Lipinski definition) is 0. The summed E-state index contributed by atoms with van der Waals surface area (Å²) < 4.78 is 39.9. The molecule has 0 unspecified atom stereocenters. The summed E-state index contributed by atoms with van der Waals surface area (Å²) in [5, 5.41) is 0.0586. The van der Waals surface area contributed by atoms with Crippen LogP contribution in [0.25, 0.3) is 11.3 Å². The van der Waals surface area contributed by atoms with Gasteiger partial charge in [0.2, 0.25) is 0 Å². The molecule has 3 aromatic rings. The maximum absolute atomic E-state index is 13.3. The van der Waals surface area contributed by atoms with Gasteiger partial charge in [-0.25, -0.2) is 22.8 Å². The van der Waals surface area contributed by atoms with E-state index in [0.29, 0.717) is 13.1 Å². The van der Waals surface area contributed by atoms with Gasteiger partial charge in [-0.15, -0.1) is 12.4 Å². The number of sulfonamides is 1. The quantitative estimate of drug-likeness (QED) is 0.501. The van der Waals surface area contributed by atoms with E-state index in [-0.39, 0.29) is 23.3 Å². The first-order chi connectivity index (χ1) is 15.4. The van der Waals surface area contributed by atoms with E-state index in [1.807, 2.05) is 0 Å². The zero-order chi connectivity index (χ0) is 22.6. The number of pyridine rings is 1. The number of benzene rings is 1. The minimum atomic E-state index is -3.59. The summed E-state index contributed by atoms with van der Waals surface area (Å²) in [7, 11) is -2.01. The number of anilines is 1. The first-order valence-electron chi connectivity index (χ1n) is 10.4. The van der Waals surface area contributed by atoms with E-state index < -0.39 is 10.0 Å². The molecule has 1 aliphatic heterocycles. The molecule has 1 aromatic carbocycles. The molecule has 0 amide bonds. The second-order valence-electron chi connectivity index (χ2n) is 7.56. The van der Waals surface area contributed by atoms with E-state index >= 15 is 0 Å². The molecular formula is C22H26ClFN6O2S. The van der Waals surface area contributed by atoms with Crippen LogP contribution in [0.5, 0.6) is 0 Å². The summed E-state index contributed by atoms with van der Waals surface area (Å²) in [6.07, 6.45) is 4.77. The molecule has 33 heavy (non-hydrogen) atoms. The molecule has 4 rings (SSSR count). The number of nitrogens with zero attached hydrogens (tertiary/aromatic N) is 6. The Morgan fingerprint density at radius 1 is 0.939 bits per heavy atom. The largest absolute Gasteiger partial charge is 0.352 e. The van der Waals surface area contributed by atoms with Gasteiger partial charge in [0.15, 0.2) is 10.8 Å². The van der Waals surface area contributed by atoms with Crippen LogP contribution in [0.4, 0.5) is 10.2 Å². The van der Waals surface area contributed by atoms with Gasteiger partial charge in [0, 0.05) is 70.5 Å². The number of likely N-dealkylation sites (N-methyl/N-ethyl adjacent to an activating group) is 1. The highest BCUT2D eigenvalue weighted by Gasteiger charge is 2.25. The lowest BCUT2D eigenvalue weighted by atomic mass is 10.1. The van der Waals surface area contributed by atoms with Crippen molar-refractivity contribution in [1.82, 2.24) is 24.2 Å². The first kappa shape index (κ1) is 25.0. The average molecular weight is 493 g/mol. The summed E-state index contributed by atoms with van der Waals surface area (Å²) in [6.45, 7) is 4.04. The number of halogens is 2. The van der Waals surface area contributed by atoms with Crippen molar-refractivity contribution in [2.45, 2.75) is 5.03 Å². The predicted octanol–water partition coefficient (Wildman–Crippen LogP) is 2.54. The van der Waals surface area contributed by atoms with Crippen LogP contribution < -0.4 is 4.90 Å². The smallest absolute Gasteiger partial charge is 0.260 e. The minimum Gasteiger partial charge on any atom is -0.352 e. The zero-order valence-electron chi connectivity index (χ0n) is 18.2. The average Bonchev–Trinajstić information content (AvgIpc) is 2.84. The molecule has 0 spiro atoms. The van der Waals surface area contributed by atoms with Gasteiger partial charge in [-0.3, -0.25) is 9.88 Å². The molecule has 1 fully saturated rings. The molecule has 0 atom stereocenters. The molecule has 176 valence electrons. The van der Waals surface area contributed by atoms with Gasteiger partial charge in [-0.2, -0.15) is 4.31 Å². The van der Waals surface area contributed by atoms with Crippen LogP contribution >= 0.6 is 12.4 Å². The van der Waals surface area contributed by atoms with Gasteiger partial charge >= 0.3 is 0 Å². The monoisotopic (exact) mass is 492 g/mol. The van der Waals surface area contributed by atoms with Crippen molar-refractivity contribution < 1.29 is 12.8 Å². The fourth-order valence-corrected chi connectivity index (χ4v) is 4.70. The van der Waals surface area contributed by atoms with Gasteiger partial charge in [0.1, 0.15) is 11.5 Å². The van der Waals surface area contributed by atoms with Crippen molar-refractivity contribution in [2.24, 2.45) is 0 Å². The Morgan fingerprint density at radius 2 is 1.64 bits per heavy atom. The van der Waals surface area contributed by atoms with Gasteiger partial charge in [-0.1, -0.05) is 6.07 Å². The predicted molar refractivity (Wildman–Crippen MR) is 127 cm³/mol. The summed E-state index contributed by atoms with van der Waals surface area (Å²) in [5.41, 5.74) is 1.54. The summed E-state index contributed by atoms with van der Waals surface area (Å²) in [6, 6.07) is 11.1. The van der Waals surface area contributed by atoms with E-state index in [9.17, 15) is 12.8 Å². The van der Waals surface area contributed by atoms with Gasteiger partial charge < -0.3 is 4.90 Å². The van der Waals surface area contributed by atoms with Crippen molar-refractivity contribution in [1.29, 1.82) is 0 Å². The van der Waals surface area contributed by atoms with E-state index in [0.717, 1.165) is 43.3 Å². The SMILES string of the molecule is CN(CCN1CCN(c2nccnc2-c2ccc(F)cc2)CC1)S(=O)(=O)c1ccccn1.Cl. The molecule has 11 heteroatoms. The normalized spacial score (nSPS) is 14.8. The standard InChI is InChI=1S/C22H25FN6O2S.ClH/c1-27(32(30,31)20-4-2-3-9-24-20)12-13-28-14-16-29(17-15-28)22-21(25-10-11-26-22)18-5-7-19(23)8-6-18;/h2-11H,12-17H2,1H3;1H. The van der Waals surface area contributed by atoms with Crippen LogP contribution in [0.1, 0.15) is 0 Å².